The highest BCUT2D eigenvalue weighted by Gasteiger charge is 2.30. The Morgan fingerprint density at radius 3 is 2.93 bits per heavy atom. The number of sulfonamides is 1. The summed E-state index contributed by atoms with van der Waals surface area (Å²) < 4.78 is 30.4. The molecule has 0 aliphatic carbocycles. The molecule has 3 heterocycles. The van der Waals surface area contributed by atoms with E-state index in [1.54, 1.807) is 29.3 Å². The monoisotopic (exact) mass is 388 g/mol. The zero-order chi connectivity index (χ0) is 19.2. The van der Waals surface area contributed by atoms with Gasteiger partial charge >= 0.3 is 0 Å². The number of benzene rings is 1. The van der Waals surface area contributed by atoms with Crippen LogP contribution in [-0.2, 0) is 34.2 Å². The lowest BCUT2D eigenvalue weighted by Gasteiger charge is -2.23. The van der Waals surface area contributed by atoms with Crippen LogP contribution in [0.15, 0.2) is 35.5 Å². The van der Waals surface area contributed by atoms with Gasteiger partial charge in [0, 0.05) is 50.6 Å². The van der Waals surface area contributed by atoms with Crippen molar-refractivity contribution in [3.8, 4) is 0 Å². The van der Waals surface area contributed by atoms with Gasteiger partial charge in [0.15, 0.2) is 0 Å². The van der Waals surface area contributed by atoms with Crippen LogP contribution in [0.3, 0.4) is 0 Å². The maximum Gasteiger partial charge on any atom is 0.240 e. The number of hydrogen-bond donors (Lipinski definition) is 1. The highest BCUT2D eigenvalue weighted by molar-refractivity contribution is 7.89. The first-order chi connectivity index (χ1) is 12.8. The molecule has 0 bridgehead atoms. The number of carbonyl (C=O) groups excluding carboxylic acids is 1. The fourth-order valence-electron chi connectivity index (χ4n) is 4.16. The average Bonchev–Trinajstić information content (AvgIpc) is 3.21. The number of nitrogens with one attached hydrogen (secondary N) is 1. The van der Waals surface area contributed by atoms with Crippen molar-refractivity contribution in [2.24, 2.45) is 5.92 Å². The number of carbonyl (C=O) groups is 1. The highest BCUT2D eigenvalue weighted by Crippen LogP contribution is 2.33. The van der Waals surface area contributed by atoms with Crippen molar-refractivity contribution in [3.63, 3.8) is 0 Å². The minimum atomic E-state index is -3.58. The zero-order valence-electron chi connectivity index (χ0n) is 15.6. The van der Waals surface area contributed by atoms with Crippen molar-refractivity contribution in [2.75, 3.05) is 11.4 Å². The van der Waals surface area contributed by atoms with E-state index < -0.39 is 10.0 Å². The Balaban J connectivity index is 1.47. The van der Waals surface area contributed by atoms with E-state index in [-0.39, 0.29) is 22.8 Å². The number of hydrogen-bond acceptors (Lipinski definition) is 4. The lowest BCUT2D eigenvalue weighted by Crippen LogP contribution is -2.33. The summed E-state index contributed by atoms with van der Waals surface area (Å²) in [7, 11) is -3.58. The number of nitrogens with zero attached hydrogens (tertiary/aromatic N) is 3. The van der Waals surface area contributed by atoms with Crippen LogP contribution < -0.4 is 9.62 Å². The van der Waals surface area contributed by atoms with Crippen LogP contribution in [0.1, 0.15) is 31.7 Å². The summed E-state index contributed by atoms with van der Waals surface area (Å²) in [5.41, 5.74) is 1.72. The van der Waals surface area contributed by atoms with E-state index in [0.29, 0.717) is 13.0 Å². The molecule has 0 spiro atoms. The molecule has 1 amide bonds. The largest absolute Gasteiger partial charge is 0.335 e. The van der Waals surface area contributed by atoms with Gasteiger partial charge in [-0.2, -0.15) is 0 Å². The molecule has 0 unspecified atom stereocenters. The van der Waals surface area contributed by atoms with Gasteiger partial charge in [-0.15, -0.1) is 0 Å². The molecular formula is C19H24N4O3S. The number of aromatic nitrogens is 2. The van der Waals surface area contributed by atoms with E-state index in [2.05, 4.69) is 14.3 Å². The predicted octanol–water partition coefficient (Wildman–Crippen LogP) is 1.72. The Morgan fingerprint density at radius 1 is 1.33 bits per heavy atom. The van der Waals surface area contributed by atoms with Crippen molar-refractivity contribution in [1.82, 2.24) is 14.3 Å². The van der Waals surface area contributed by atoms with Gasteiger partial charge in [-0.25, -0.2) is 18.1 Å². The Morgan fingerprint density at radius 2 is 2.15 bits per heavy atom. The summed E-state index contributed by atoms with van der Waals surface area (Å²) in [6.07, 6.45) is 6.14. The molecule has 1 aromatic heterocycles. The van der Waals surface area contributed by atoms with Crippen LogP contribution in [-0.4, -0.2) is 36.5 Å². The Hall–Kier alpha value is -2.19. The summed E-state index contributed by atoms with van der Waals surface area (Å²) in [4.78, 5) is 18.2. The Labute approximate surface area is 159 Å². The molecule has 0 saturated carbocycles. The number of aryl methyl sites for hydroxylation is 1. The number of fused-ring (bicyclic) bond motifs is 2. The number of amides is 1. The molecule has 4 rings (SSSR count). The second-order valence-electron chi connectivity index (χ2n) is 7.48. The fraction of sp³-hybridized carbons (Fsp3) is 0.474. The molecule has 0 fully saturated rings. The smallest absolute Gasteiger partial charge is 0.240 e. The minimum Gasteiger partial charge on any atom is -0.335 e. The minimum absolute atomic E-state index is 0.0226. The van der Waals surface area contributed by atoms with Crippen molar-refractivity contribution in [2.45, 2.75) is 50.6 Å². The molecule has 1 N–H and O–H groups in total. The molecule has 0 radical (unpaired) electrons. The van der Waals surface area contributed by atoms with E-state index in [1.807, 2.05) is 13.1 Å². The summed E-state index contributed by atoms with van der Waals surface area (Å²) in [5, 5.41) is 0. The van der Waals surface area contributed by atoms with Crippen LogP contribution >= 0.6 is 0 Å². The summed E-state index contributed by atoms with van der Waals surface area (Å²) in [5.74, 6) is 1.24. The van der Waals surface area contributed by atoms with Crippen LogP contribution in [0.25, 0.3) is 0 Å². The van der Waals surface area contributed by atoms with Gasteiger partial charge in [0.2, 0.25) is 15.9 Å². The van der Waals surface area contributed by atoms with Gasteiger partial charge in [-0.3, -0.25) is 4.79 Å². The van der Waals surface area contributed by atoms with Crippen LogP contribution in [0.5, 0.6) is 0 Å². The van der Waals surface area contributed by atoms with Gasteiger partial charge in [-0.1, -0.05) is 0 Å². The lowest BCUT2D eigenvalue weighted by atomic mass is 9.98. The van der Waals surface area contributed by atoms with Crippen molar-refractivity contribution in [3.05, 3.63) is 42.0 Å². The molecule has 7 nitrogen and oxygen atoms in total. The van der Waals surface area contributed by atoms with Crippen molar-refractivity contribution >= 4 is 21.6 Å². The van der Waals surface area contributed by atoms with Gasteiger partial charge < -0.3 is 9.47 Å². The van der Waals surface area contributed by atoms with Crippen molar-refractivity contribution < 1.29 is 13.2 Å². The Bertz CT molecular complexity index is 983. The molecule has 8 heteroatoms. The molecule has 144 valence electrons. The predicted molar refractivity (Wildman–Crippen MR) is 102 cm³/mol. The molecule has 2 aliphatic rings. The van der Waals surface area contributed by atoms with Crippen LogP contribution in [0, 0.1) is 5.92 Å². The summed E-state index contributed by atoms with van der Waals surface area (Å²) in [6.45, 7) is 4.79. The zero-order valence-corrected chi connectivity index (χ0v) is 16.4. The van der Waals surface area contributed by atoms with E-state index in [0.717, 1.165) is 36.5 Å². The third-order valence-electron chi connectivity index (χ3n) is 5.53. The highest BCUT2D eigenvalue weighted by atomic mass is 32.2. The van der Waals surface area contributed by atoms with Crippen molar-refractivity contribution in [1.29, 1.82) is 0 Å². The van der Waals surface area contributed by atoms with E-state index in [4.69, 9.17) is 0 Å². The number of rotatable bonds is 4. The second-order valence-corrected chi connectivity index (χ2v) is 9.25. The number of imidazole rings is 1. The lowest BCUT2D eigenvalue weighted by molar-refractivity contribution is -0.116. The third-order valence-corrected chi connectivity index (χ3v) is 6.95. The van der Waals surface area contributed by atoms with Gasteiger partial charge in [0.25, 0.3) is 0 Å². The first-order valence-corrected chi connectivity index (χ1v) is 10.8. The standard InChI is InChI=1S/C19H24N4O3S/c1-13-9-16-11-17(3-4-18(16)23(13)14(2)24)27(25,26)21-12-15-5-7-22-8-6-20-19(22)10-15/h3-4,6,8,11,13,15,21H,5,7,9-10,12H2,1-2H3/t13-,15-/m0/s1. The van der Waals surface area contributed by atoms with Gasteiger partial charge in [0.1, 0.15) is 5.82 Å². The molecule has 27 heavy (non-hydrogen) atoms. The van der Waals surface area contributed by atoms with Crippen LogP contribution in [0.4, 0.5) is 5.69 Å². The molecule has 1 aromatic carbocycles. The topological polar surface area (TPSA) is 84.3 Å². The molecule has 2 atom stereocenters. The summed E-state index contributed by atoms with van der Waals surface area (Å²) >= 11 is 0. The Kier molecular flexibility index (Phi) is 4.55. The first-order valence-electron chi connectivity index (χ1n) is 9.27. The average molecular weight is 388 g/mol. The van der Waals surface area contributed by atoms with Crippen LogP contribution in [0.2, 0.25) is 0 Å². The van der Waals surface area contributed by atoms with E-state index in [9.17, 15) is 13.2 Å². The maximum atomic E-state index is 12.8. The second kappa shape index (κ2) is 6.76. The van der Waals surface area contributed by atoms with E-state index >= 15 is 0 Å². The van der Waals surface area contributed by atoms with Gasteiger partial charge in [-0.05, 0) is 49.4 Å². The molecule has 0 saturated heterocycles. The normalized spacial score (nSPS) is 21.8. The van der Waals surface area contributed by atoms with E-state index in [1.165, 1.54) is 6.92 Å². The quantitative estimate of drug-likeness (QED) is 0.864. The SMILES string of the molecule is CC(=O)N1c2ccc(S(=O)(=O)NC[C@H]3CCn4ccnc4C3)cc2C[C@@H]1C. The number of anilines is 1. The summed E-state index contributed by atoms with van der Waals surface area (Å²) in [6, 6.07) is 5.08. The molecular weight excluding hydrogens is 364 g/mol. The molecule has 2 aromatic rings. The third kappa shape index (κ3) is 3.39. The fourth-order valence-corrected chi connectivity index (χ4v) is 5.32. The van der Waals surface area contributed by atoms with Gasteiger partial charge in [0.05, 0.1) is 4.90 Å². The first kappa shape index (κ1) is 18.2. The molecule has 2 aliphatic heterocycles. The maximum absolute atomic E-state index is 12.8.